The molecule has 1 aromatic carbocycles. The first-order chi connectivity index (χ1) is 8.50. The van der Waals surface area contributed by atoms with Gasteiger partial charge in [0.2, 0.25) is 0 Å². The Balaban J connectivity index is 1.78. The van der Waals surface area contributed by atoms with Crippen molar-refractivity contribution in [1.82, 2.24) is 0 Å². The molecule has 3 atom stereocenters. The van der Waals surface area contributed by atoms with E-state index in [1.807, 2.05) is 0 Å². The van der Waals surface area contributed by atoms with Gasteiger partial charge in [-0.3, -0.25) is 0 Å². The van der Waals surface area contributed by atoms with Crippen molar-refractivity contribution in [2.75, 3.05) is 11.9 Å². The van der Waals surface area contributed by atoms with Gasteiger partial charge in [0.15, 0.2) is 0 Å². The first-order valence-electron chi connectivity index (χ1n) is 6.95. The summed E-state index contributed by atoms with van der Waals surface area (Å²) in [7, 11) is 0. The molecular formula is C16H23NO. The Morgan fingerprint density at radius 1 is 1.22 bits per heavy atom. The minimum Gasteiger partial charge on any atom is -0.381 e. The highest BCUT2D eigenvalue weighted by Gasteiger charge is 2.59. The molecular weight excluding hydrogens is 222 g/mol. The van der Waals surface area contributed by atoms with Crippen molar-refractivity contribution >= 4 is 5.69 Å². The second-order valence-electron chi connectivity index (χ2n) is 6.49. The molecule has 2 nitrogen and oxygen atoms in total. The van der Waals surface area contributed by atoms with E-state index in [1.54, 1.807) is 0 Å². The Kier molecular flexibility index (Phi) is 2.67. The minimum atomic E-state index is 0.250. The zero-order valence-corrected chi connectivity index (χ0v) is 11.8. The largest absolute Gasteiger partial charge is 0.381 e. The molecule has 1 heterocycles. The summed E-state index contributed by atoms with van der Waals surface area (Å²) in [5, 5.41) is 3.73. The van der Waals surface area contributed by atoms with Crippen LogP contribution in [0.4, 0.5) is 5.69 Å². The van der Waals surface area contributed by atoms with Gasteiger partial charge in [-0.2, -0.15) is 0 Å². The molecule has 2 aliphatic rings. The number of anilines is 1. The fraction of sp³-hybridized carbons (Fsp3) is 0.625. The molecule has 0 aromatic heterocycles. The number of hydrogen-bond acceptors (Lipinski definition) is 2. The molecule has 1 aliphatic heterocycles. The van der Waals surface area contributed by atoms with Crippen molar-refractivity contribution in [3.8, 4) is 0 Å². The lowest BCUT2D eigenvalue weighted by Crippen LogP contribution is -2.63. The van der Waals surface area contributed by atoms with Gasteiger partial charge in [-0.25, -0.2) is 0 Å². The van der Waals surface area contributed by atoms with Crippen LogP contribution in [0.5, 0.6) is 0 Å². The van der Waals surface area contributed by atoms with Gasteiger partial charge in [-0.15, -0.1) is 0 Å². The lowest BCUT2D eigenvalue weighted by molar-refractivity contribution is -0.0923. The van der Waals surface area contributed by atoms with Crippen molar-refractivity contribution < 1.29 is 4.74 Å². The van der Waals surface area contributed by atoms with Crippen molar-refractivity contribution in [2.24, 2.45) is 11.3 Å². The summed E-state index contributed by atoms with van der Waals surface area (Å²) in [6.07, 6.45) is 1.66. The van der Waals surface area contributed by atoms with E-state index in [9.17, 15) is 0 Å². The van der Waals surface area contributed by atoms with Crippen LogP contribution in [0.2, 0.25) is 0 Å². The van der Waals surface area contributed by atoms with Crippen molar-refractivity contribution in [2.45, 2.75) is 46.3 Å². The number of nitrogens with one attached hydrogen (secondary N) is 1. The highest BCUT2D eigenvalue weighted by atomic mass is 16.5. The van der Waals surface area contributed by atoms with E-state index in [0.717, 1.165) is 6.61 Å². The first-order valence-corrected chi connectivity index (χ1v) is 6.95. The molecule has 0 spiro atoms. The molecule has 3 rings (SSSR count). The molecule has 2 heteroatoms. The quantitative estimate of drug-likeness (QED) is 0.860. The molecule has 1 aliphatic carbocycles. The number of aryl methyl sites for hydroxylation is 2. The fourth-order valence-electron chi connectivity index (χ4n) is 3.63. The summed E-state index contributed by atoms with van der Waals surface area (Å²) >= 11 is 0. The van der Waals surface area contributed by atoms with Crippen LogP contribution in [0.15, 0.2) is 18.2 Å². The summed E-state index contributed by atoms with van der Waals surface area (Å²) in [5.41, 5.74) is 4.22. The van der Waals surface area contributed by atoms with Gasteiger partial charge < -0.3 is 10.1 Å². The van der Waals surface area contributed by atoms with Crippen LogP contribution in [0.25, 0.3) is 0 Å². The fourth-order valence-corrected chi connectivity index (χ4v) is 3.63. The molecule has 0 amide bonds. The molecule has 98 valence electrons. The highest BCUT2D eigenvalue weighted by molar-refractivity contribution is 5.50. The average Bonchev–Trinajstić information content (AvgIpc) is 2.77. The van der Waals surface area contributed by atoms with Gasteiger partial charge in [0.05, 0.1) is 6.10 Å². The van der Waals surface area contributed by atoms with Crippen molar-refractivity contribution in [3.05, 3.63) is 29.3 Å². The lowest BCUT2D eigenvalue weighted by Gasteiger charge is -2.55. The maximum absolute atomic E-state index is 5.84. The number of rotatable bonds is 2. The molecule has 0 bridgehead atoms. The normalized spacial score (nSPS) is 32.8. The summed E-state index contributed by atoms with van der Waals surface area (Å²) < 4.78 is 5.84. The van der Waals surface area contributed by atoms with E-state index in [4.69, 9.17) is 4.74 Å². The summed E-state index contributed by atoms with van der Waals surface area (Å²) in [4.78, 5) is 0. The van der Waals surface area contributed by atoms with Gasteiger partial charge in [-0.1, -0.05) is 19.9 Å². The monoisotopic (exact) mass is 245 g/mol. The molecule has 2 fully saturated rings. The van der Waals surface area contributed by atoms with Gasteiger partial charge in [0.1, 0.15) is 0 Å². The Hall–Kier alpha value is -1.02. The minimum absolute atomic E-state index is 0.250. The van der Waals surface area contributed by atoms with E-state index >= 15 is 0 Å². The first kappa shape index (κ1) is 12.0. The van der Waals surface area contributed by atoms with Crippen molar-refractivity contribution in [3.63, 3.8) is 0 Å². The second-order valence-corrected chi connectivity index (χ2v) is 6.49. The van der Waals surface area contributed by atoms with Crippen LogP contribution in [0, 0.1) is 25.2 Å². The molecule has 1 aromatic rings. The Morgan fingerprint density at radius 3 is 2.72 bits per heavy atom. The maximum Gasteiger partial charge on any atom is 0.0694 e. The molecule has 1 saturated heterocycles. The molecule has 1 N–H and O–H groups in total. The van der Waals surface area contributed by atoms with E-state index in [1.165, 1.54) is 23.2 Å². The third-order valence-electron chi connectivity index (χ3n) is 4.93. The molecule has 3 unspecified atom stereocenters. The van der Waals surface area contributed by atoms with Crippen LogP contribution >= 0.6 is 0 Å². The molecule has 1 saturated carbocycles. The maximum atomic E-state index is 5.84. The zero-order chi connectivity index (χ0) is 12.9. The van der Waals surface area contributed by atoms with Crippen LogP contribution in [0.1, 0.15) is 31.4 Å². The average molecular weight is 245 g/mol. The number of ether oxygens (including phenoxy) is 1. The van der Waals surface area contributed by atoms with Gasteiger partial charge in [0, 0.05) is 29.7 Å². The van der Waals surface area contributed by atoms with Gasteiger partial charge in [-0.05, 0) is 43.5 Å². The summed E-state index contributed by atoms with van der Waals surface area (Å²) in [6.45, 7) is 9.90. The topological polar surface area (TPSA) is 21.3 Å². The standard InChI is InChI=1S/C16H23NO/c1-10-5-6-12(9-11(10)2)17-14-13-7-8-18-15(13)16(14,3)4/h5-6,9,13-15,17H,7-8H2,1-4H3. The van der Waals surface area contributed by atoms with Crippen LogP contribution < -0.4 is 5.32 Å². The number of benzene rings is 1. The Bertz CT molecular complexity index is 466. The second kappa shape index (κ2) is 3.99. The zero-order valence-electron chi connectivity index (χ0n) is 11.8. The van der Waals surface area contributed by atoms with E-state index in [2.05, 4.69) is 51.2 Å². The van der Waals surface area contributed by atoms with Crippen LogP contribution in [0.3, 0.4) is 0 Å². The predicted molar refractivity (Wildman–Crippen MR) is 75.0 cm³/mol. The molecule has 18 heavy (non-hydrogen) atoms. The van der Waals surface area contributed by atoms with Crippen LogP contribution in [-0.2, 0) is 4.74 Å². The summed E-state index contributed by atoms with van der Waals surface area (Å²) in [5.74, 6) is 0.696. The van der Waals surface area contributed by atoms with E-state index in [0.29, 0.717) is 18.1 Å². The lowest BCUT2D eigenvalue weighted by atomic mass is 9.57. The third-order valence-corrected chi connectivity index (χ3v) is 4.93. The van der Waals surface area contributed by atoms with E-state index in [-0.39, 0.29) is 5.41 Å². The smallest absolute Gasteiger partial charge is 0.0694 e. The van der Waals surface area contributed by atoms with Crippen molar-refractivity contribution in [1.29, 1.82) is 0 Å². The highest BCUT2D eigenvalue weighted by Crippen LogP contribution is 2.53. The molecule has 0 radical (unpaired) electrons. The number of hydrogen-bond donors (Lipinski definition) is 1. The summed E-state index contributed by atoms with van der Waals surface area (Å²) in [6, 6.07) is 7.20. The third kappa shape index (κ3) is 1.66. The Morgan fingerprint density at radius 2 is 2.00 bits per heavy atom. The van der Waals surface area contributed by atoms with Gasteiger partial charge >= 0.3 is 0 Å². The number of fused-ring (bicyclic) bond motifs is 1. The van der Waals surface area contributed by atoms with Gasteiger partial charge in [0.25, 0.3) is 0 Å². The predicted octanol–water partition coefficient (Wildman–Crippen LogP) is 3.53. The van der Waals surface area contributed by atoms with Crippen LogP contribution in [-0.4, -0.2) is 18.8 Å². The van der Waals surface area contributed by atoms with E-state index < -0.39 is 0 Å². The SMILES string of the molecule is Cc1ccc(NC2C3CCOC3C2(C)C)cc1C. The Labute approximate surface area is 110 Å².